The maximum atomic E-state index is 12.6. The normalized spacial score (nSPS) is 12.5. The molecule has 0 fully saturated rings. The minimum absolute atomic E-state index is 0.0281. The van der Waals surface area contributed by atoms with Gasteiger partial charge in [-0.15, -0.1) is 0 Å². The highest BCUT2D eigenvalue weighted by molar-refractivity contribution is 6.05. The van der Waals surface area contributed by atoms with Crippen molar-refractivity contribution in [3.63, 3.8) is 0 Å². The number of carbonyl (C=O) groups is 3. The van der Waals surface area contributed by atoms with E-state index in [1.54, 1.807) is 30.3 Å². The van der Waals surface area contributed by atoms with Crippen LogP contribution in [0.2, 0.25) is 0 Å². The van der Waals surface area contributed by atoms with Crippen molar-refractivity contribution in [2.75, 3.05) is 0 Å². The Kier molecular flexibility index (Phi) is 6.93. The second-order valence-corrected chi connectivity index (χ2v) is 6.37. The minimum atomic E-state index is -1.38. The van der Waals surface area contributed by atoms with Crippen LogP contribution in [0.1, 0.15) is 36.4 Å². The van der Waals surface area contributed by atoms with Crippen molar-refractivity contribution in [2.45, 2.75) is 26.3 Å². The summed E-state index contributed by atoms with van der Waals surface area (Å²) in [5.74, 6) is -2.67. The fourth-order valence-electron chi connectivity index (χ4n) is 2.39. The van der Waals surface area contributed by atoms with Crippen LogP contribution >= 0.6 is 0 Å². The molecule has 1 aromatic heterocycles. The van der Waals surface area contributed by atoms with Gasteiger partial charge in [-0.05, 0) is 36.1 Å². The Morgan fingerprint density at radius 3 is 2.37 bits per heavy atom. The Morgan fingerprint density at radius 1 is 1.11 bits per heavy atom. The largest absolute Gasteiger partial charge is 0.548 e. The quantitative estimate of drug-likeness (QED) is 0.682. The molecule has 1 atom stereocenters. The number of carboxylic acid groups (broad SMARTS) is 1. The molecule has 1 aromatic carbocycles. The Balaban J connectivity index is 2.25. The van der Waals surface area contributed by atoms with E-state index < -0.39 is 23.8 Å². The molecule has 2 aromatic rings. The molecule has 0 aliphatic carbocycles. The van der Waals surface area contributed by atoms with Gasteiger partial charge in [-0.25, -0.2) is 0 Å². The number of furan rings is 1. The number of amides is 2. The Labute approximate surface area is 157 Å². The molecular weight excluding hydrogens is 348 g/mol. The van der Waals surface area contributed by atoms with Gasteiger partial charge >= 0.3 is 0 Å². The maximum Gasteiger partial charge on any atom is 0.291 e. The third-order valence-electron chi connectivity index (χ3n) is 3.65. The highest BCUT2D eigenvalue weighted by Crippen LogP contribution is 2.09. The summed E-state index contributed by atoms with van der Waals surface area (Å²) in [4.78, 5) is 36.2. The Bertz CT molecular complexity index is 810. The van der Waals surface area contributed by atoms with Crippen molar-refractivity contribution in [1.82, 2.24) is 10.6 Å². The third-order valence-corrected chi connectivity index (χ3v) is 3.65. The van der Waals surface area contributed by atoms with Crippen LogP contribution in [-0.4, -0.2) is 23.8 Å². The first-order valence-corrected chi connectivity index (χ1v) is 8.50. The molecule has 0 bridgehead atoms. The molecule has 0 radical (unpaired) electrons. The molecule has 2 N–H and O–H groups in total. The van der Waals surface area contributed by atoms with E-state index in [1.807, 2.05) is 19.9 Å². The number of aliphatic carboxylic acids is 1. The molecule has 2 rings (SSSR count). The fraction of sp³-hybridized carbons (Fsp3) is 0.250. The van der Waals surface area contributed by atoms with Crippen LogP contribution in [0.25, 0.3) is 6.08 Å². The lowest BCUT2D eigenvalue weighted by molar-refractivity contribution is -0.308. The van der Waals surface area contributed by atoms with E-state index in [9.17, 15) is 19.5 Å². The molecule has 27 heavy (non-hydrogen) atoms. The zero-order chi connectivity index (χ0) is 19.8. The maximum absolute atomic E-state index is 12.6. The van der Waals surface area contributed by atoms with Crippen LogP contribution in [0.5, 0.6) is 0 Å². The van der Waals surface area contributed by atoms with Gasteiger partial charge in [-0.3, -0.25) is 9.59 Å². The number of hydrogen-bond acceptors (Lipinski definition) is 5. The average molecular weight is 369 g/mol. The van der Waals surface area contributed by atoms with Crippen LogP contribution in [0.3, 0.4) is 0 Å². The number of carboxylic acids is 1. The zero-order valence-corrected chi connectivity index (χ0v) is 15.1. The van der Waals surface area contributed by atoms with E-state index in [1.165, 1.54) is 18.4 Å². The van der Waals surface area contributed by atoms with Crippen molar-refractivity contribution in [1.29, 1.82) is 0 Å². The topological polar surface area (TPSA) is 111 Å². The number of benzene rings is 1. The molecule has 0 saturated carbocycles. The first-order chi connectivity index (χ1) is 12.9. The summed E-state index contributed by atoms with van der Waals surface area (Å²) in [6, 6.07) is 10.7. The molecule has 0 spiro atoms. The number of carbonyl (C=O) groups excluding carboxylic acids is 3. The average Bonchev–Trinajstić information content (AvgIpc) is 3.15. The van der Waals surface area contributed by atoms with Crippen LogP contribution in [-0.2, 0) is 9.59 Å². The summed E-state index contributed by atoms with van der Waals surface area (Å²) in [7, 11) is 0. The molecule has 0 aliphatic rings. The molecule has 7 heteroatoms. The van der Waals surface area contributed by atoms with Crippen molar-refractivity contribution >= 4 is 23.9 Å². The SMILES string of the molecule is CC(C)C[C@@H](NC(=O)/C(=C/c1ccccc1)NC(=O)c1ccco1)C(=O)[O-]. The van der Waals surface area contributed by atoms with Gasteiger partial charge in [0.15, 0.2) is 5.76 Å². The van der Waals surface area contributed by atoms with E-state index >= 15 is 0 Å². The first kappa shape index (κ1) is 20.0. The highest BCUT2D eigenvalue weighted by Gasteiger charge is 2.20. The van der Waals surface area contributed by atoms with Crippen molar-refractivity contribution in [2.24, 2.45) is 5.92 Å². The number of hydrogen-bond donors (Lipinski definition) is 2. The lowest BCUT2D eigenvalue weighted by Gasteiger charge is -2.22. The zero-order valence-electron chi connectivity index (χ0n) is 15.1. The summed E-state index contributed by atoms with van der Waals surface area (Å²) in [5.41, 5.74) is 0.564. The molecule has 0 unspecified atom stereocenters. The monoisotopic (exact) mass is 369 g/mol. The second-order valence-electron chi connectivity index (χ2n) is 6.37. The molecule has 2 amide bonds. The standard InChI is InChI=1S/C20H22N2O5/c1-13(2)11-16(20(25)26)22-18(23)15(12-14-7-4-3-5-8-14)21-19(24)17-9-6-10-27-17/h3-10,12-13,16H,11H2,1-2H3,(H,21,24)(H,22,23)(H,25,26)/p-1/b15-12-/t16-/m1/s1. The molecule has 142 valence electrons. The van der Waals surface area contributed by atoms with Gasteiger partial charge < -0.3 is 25.0 Å². The summed E-state index contributed by atoms with van der Waals surface area (Å²) in [6.07, 6.45) is 3.00. The molecular formula is C20H21N2O5-. The van der Waals surface area contributed by atoms with E-state index in [-0.39, 0.29) is 23.8 Å². The second kappa shape index (κ2) is 9.38. The van der Waals surface area contributed by atoms with Crippen molar-refractivity contribution in [3.05, 3.63) is 65.7 Å². The first-order valence-electron chi connectivity index (χ1n) is 8.50. The summed E-state index contributed by atoms with van der Waals surface area (Å²) < 4.78 is 5.02. The fourth-order valence-corrected chi connectivity index (χ4v) is 2.39. The summed E-state index contributed by atoms with van der Waals surface area (Å²) in [5, 5.41) is 16.2. The van der Waals surface area contributed by atoms with E-state index in [4.69, 9.17) is 4.42 Å². The highest BCUT2D eigenvalue weighted by atomic mass is 16.4. The van der Waals surface area contributed by atoms with E-state index in [0.29, 0.717) is 5.56 Å². The smallest absolute Gasteiger partial charge is 0.291 e. The Hall–Kier alpha value is -3.35. The van der Waals surface area contributed by atoms with Crippen LogP contribution in [0.4, 0.5) is 0 Å². The Morgan fingerprint density at radius 2 is 1.81 bits per heavy atom. The predicted octanol–water partition coefficient (Wildman–Crippen LogP) is 1.33. The third kappa shape index (κ3) is 6.14. The van der Waals surface area contributed by atoms with Crippen LogP contribution in [0, 0.1) is 5.92 Å². The van der Waals surface area contributed by atoms with Gasteiger partial charge in [0.05, 0.1) is 18.3 Å². The summed E-state index contributed by atoms with van der Waals surface area (Å²) in [6.45, 7) is 3.67. The minimum Gasteiger partial charge on any atom is -0.548 e. The van der Waals surface area contributed by atoms with Crippen molar-refractivity contribution < 1.29 is 23.9 Å². The molecule has 0 aliphatic heterocycles. The predicted molar refractivity (Wildman–Crippen MR) is 97.0 cm³/mol. The molecule has 0 saturated heterocycles. The van der Waals surface area contributed by atoms with Crippen LogP contribution in [0.15, 0.2) is 58.8 Å². The molecule has 1 heterocycles. The lowest BCUT2D eigenvalue weighted by atomic mass is 10.0. The van der Waals surface area contributed by atoms with Gasteiger partial charge in [0.25, 0.3) is 11.8 Å². The van der Waals surface area contributed by atoms with Gasteiger partial charge in [0.1, 0.15) is 5.70 Å². The lowest BCUT2D eigenvalue weighted by Crippen LogP contribution is -2.50. The van der Waals surface area contributed by atoms with Crippen molar-refractivity contribution in [3.8, 4) is 0 Å². The number of nitrogens with one attached hydrogen (secondary N) is 2. The summed E-state index contributed by atoms with van der Waals surface area (Å²) >= 11 is 0. The van der Waals surface area contributed by atoms with Gasteiger partial charge in [-0.1, -0.05) is 44.2 Å². The molecule has 7 nitrogen and oxygen atoms in total. The van der Waals surface area contributed by atoms with E-state index in [2.05, 4.69) is 10.6 Å². The van der Waals surface area contributed by atoms with Gasteiger partial charge in [0.2, 0.25) is 0 Å². The van der Waals surface area contributed by atoms with Gasteiger partial charge in [0, 0.05) is 0 Å². The van der Waals surface area contributed by atoms with E-state index in [0.717, 1.165) is 0 Å². The van der Waals surface area contributed by atoms with Crippen LogP contribution < -0.4 is 15.7 Å². The number of rotatable bonds is 8. The van der Waals surface area contributed by atoms with Gasteiger partial charge in [-0.2, -0.15) is 0 Å².